The summed E-state index contributed by atoms with van der Waals surface area (Å²) in [6.07, 6.45) is 2.30. The van der Waals surface area contributed by atoms with Crippen molar-refractivity contribution < 1.29 is 0 Å². The minimum absolute atomic E-state index is 0.0114. The third kappa shape index (κ3) is 4.94. The Balaban J connectivity index is 1.55. The lowest BCUT2D eigenvalue weighted by Crippen LogP contribution is -2.18. The van der Waals surface area contributed by atoms with Gasteiger partial charge in [-0.2, -0.15) is 0 Å². The minimum atomic E-state index is -0.0758. The maximum Gasteiger partial charge on any atom is 0.0634 e. The topological polar surface area (TPSA) is 8.82 Å². The average molecular weight is 821 g/mol. The normalized spacial score (nSPS) is 19.0. The van der Waals surface area contributed by atoms with Gasteiger partial charge in [-0.25, -0.2) is 0 Å². The molecule has 2 heteroatoms. The molecule has 0 saturated carbocycles. The SMILES string of the molecule is CC(C)(C)c1cc(C(C)(C)C)c2c(c1)c1c3c4cc5c(cc4n4c6c(C(C)(C)C)cc(C(C)(C)C)cc6c(c6c7cc8c(cc7n2c61)C(C)(C)CC8(C)C)c34)C(C)(C)CC5(C)C. The maximum absolute atomic E-state index is 2.79. The molecule has 2 aliphatic carbocycles. The molecule has 9 aromatic rings. The largest absolute Gasteiger partial charge is 0.308 e. The summed E-state index contributed by atoms with van der Waals surface area (Å²) in [5, 5.41) is 11.4. The van der Waals surface area contributed by atoms with Gasteiger partial charge in [0.15, 0.2) is 0 Å². The van der Waals surface area contributed by atoms with Crippen molar-refractivity contribution in [2.75, 3.05) is 0 Å². The maximum atomic E-state index is 2.79. The Labute approximate surface area is 371 Å². The summed E-state index contributed by atoms with van der Waals surface area (Å²) in [5.41, 5.74) is 20.4. The average Bonchev–Trinajstić information content (AvgIpc) is 3.88. The molecule has 0 bridgehead atoms. The zero-order chi connectivity index (χ0) is 44.9. The van der Waals surface area contributed by atoms with Gasteiger partial charge in [-0.05, 0) is 137 Å². The number of fused-ring (bicyclic) bond motifs is 16. The molecule has 0 saturated heterocycles. The Bertz CT molecular complexity index is 3230. The van der Waals surface area contributed by atoms with Gasteiger partial charge in [-0.3, -0.25) is 0 Å². The van der Waals surface area contributed by atoms with Crippen LogP contribution in [0.3, 0.4) is 0 Å². The molecule has 62 heavy (non-hydrogen) atoms. The predicted octanol–water partition coefficient (Wildman–Crippen LogP) is 17.1. The Morgan fingerprint density at radius 3 is 0.919 bits per heavy atom. The van der Waals surface area contributed by atoms with E-state index in [2.05, 4.69) is 196 Å². The number of rotatable bonds is 0. The van der Waals surface area contributed by atoms with Gasteiger partial charge >= 0.3 is 0 Å². The number of aromatic nitrogens is 2. The van der Waals surface area contributed by atoms with E-state index < -0.39 is 0 Å². The van der Waals surface area contributed by atoms with E-state index in [4.69, 9.17) is 0 Å². The highest BCUT2D eigenvalue weighted by atomic mass is 15.0. The van der Waals surface area contributed by atoms with Crippen LogP contribution in [-0.2, 0) is 43.3 Å². The first-order valence-electron chi connectivity index (χ1n) is 23.9. The molecule has 0 unspecified atom stereocenters. The molecule has 0 aliphatic heterocycles. The van der Waals surface area contributed by atoms with E-state index in [1.165, 1.54) is 121 Å². The Hall–Kier alpha value is -4.30. The van der Waals surface area contributed by atoms with Crippen molar-refractivity contribution in [2.45, 2.75) is 195 Å². The van der Waals surface area contributed by atoms with Gasteiger partial charge in [0, 0.05) is 43.1 Å². The molecule has 0 fully saturated rings. The lowest BCUT2D eigenvalue weighted by molar-refractivity contribution is 0.403. The molecule has 2 aliphatic rings. The zero-order valence-corrected chi connectivity index (χ0v) is 41.9. The summed E-state index contributed by atoms with van der Waals surface area (Å²) in [6, 6.07) is 21.1. The number of benzene rings is 5. The molecule has 322 valence electrons. The predicted molar refractivity (Wildman–Crippen MR) is 272 cm³/mol. The van der Waals surface area contributed by atoms with Crippen LogP contribution in [0.4, 0.5) is 0 Å². The van der Waals surface area contributed by atoms with Crippen LogP contribution in [0.5, 0.6) is 0 Å². The van der Waals surface area contributed by atoms with Gasteiger partial charge in [-0.15, -0.1) is 0 Å². The summed E-state index contributed by atoms with van der Waals surface area (Å²) in [7, 11) is 0. The van der Waals surface area contributed by atoms with Gasteiger partial charge in [0.05, 0.1) is 33.1 Å². The van der Waals surface area contributed by atoms with Crippen LogP contribution in [0.1, 0.15) is 196 Å². The summed E-state index contributed by atoms with van der Waals surface area (Å²) in [4.78, 5) is 0. The van der Waals surface area contributed by atoms with E-state index in [0.29, 0.717) is 0 Å². The first-order valence-corrected chi connectivity index (χ1v) is 23.9. The second-order valence-corrected chi connectivity index (χ2v) is 27.4. The second-order valence-electron chi connectivity index (χ2n) is 27.4. The van der Waals surface area contributed by atoms with Crippen molar-refractivity contribution in [1.82, 2.24) is 8.80 Å². The van der Waals surface area contributed by atoms with Gasteiger partial charge in [-0.1, -0.05) is 151 Å². The van der Waals surface area contributed by atoms with Crippen LogP contribution in [0.25, 0.3) is 76.2 Å². The van der Waals surface area contributed by atoms with Crippen molar-refractivity contribution in [3.05, 3.63) is 93.0 Å². The quantitative estimate of drug-likeness (QED) is 0.144. The van der Waals surface area contributed by atoms with E-state index in [-0.39, 0.29) is 43.3 Å². The van der Waals surface area contributed by atoms with Gasteiger partial charge in [0.1, 0.15) is 0 Å². The fourth-order valence-electron chi connectivity index (χ4n) is 13.8. The molecule has 0 radical (unpaired) electrons. The number of hydrogen-bond donors (Lipinski definition) is 0. The van der Waals surface area contributed by atoms with Crippen LogP contribution in [0.15, 0.2) is 48.5 Å². The first-order chi connectivity index (χ1) is 28.3. The van der Waals surface area contributed by atoms with Crippen LogP contribution in [0.2, 0.25) is 0 Å². The third-order valence-electron chi connectivity index (χ3n) is 16.4. The smallest absolute Gasteiger partial charge is 0.0634 e. The molecule has 0 amide bonds. The van der Waals surface area contributed by atoms with Gasteiger partial charge < -0.3 is 8.80 Å². The van der Waals surface area contributed by atoms with Crippen LogP contribution < -0.4 is 0 Å². The highest BCUT2D eigenvalue weighted by Gasteiger charge is 2.45. The Morgan fingerprint density at radius 2 is 0.629 bits per heavy atom. The van der Waals surface area contributed by atoms with E-state index >= 15 is 0 Å². The van der Waals surface area contributed by atoms with Crippen LogP contribution in [0, 0.1) is 0 Å². The van der Waals surface area contributed by atoms with Crippen molar-refractivity contribution in [3.63, 3.8) is 0 Å². The summed E-state index contributed by atoms with van der Waals surface area (Å²) in [5.74, 6) is 0. The van der Waals surface area contributed by atoms with Crippen molar-refractivity contribution in [1.29, 1.82) is 0 Å². The summed E-state index contributed by atoms with van der Waals surface area (Å²) in [6.45, 7) is 48.9. The minimum Gasteiger partial charge on any atom is -0.308 e. The van der Waals surface area contributed by atoms with Crippen LogP contribution >= 0.6 is 0 Å². The van der Waals surface area contributed by atoms with E-state index in [1.54, 1.807) is 0 Å². The van der Waals surface area contributed by atoms with E-state index in [9.17, 15) is 0 Å². The molecule has 11 rings (SSSR count). The highest BCUT2D eigenvalue weighted by molar-refractivity contribution is 6.45. The molecular formula is C60H72N2. The molecule has 0 spiro atoms. The van der Waals surface area contributed by atoms with Gasteiger partial charge in [0.2, 0.25) is 0 Å². The Kier molecular flexibility index (Phi) is 7.27. The lowest BCUT2D eigenvalue weighted by atomic mass is 9.78. The lowest BCUT2D eigenvalue weighted by Gasteiger charge is -2.26. The standard InChI is InChI=1S/C60H72N2/c1-53(2,3)31-21-35-47-45-33-25-37-40(60(19,20)29-57(37,13)14)28-44(33)62-50-36(22-32(54(4,5)6)24-42(50)56(10,11)12)48(52(45)62)46-34-26-38-39(59(17,18)30-58(38,15)16)27-43(34)61(51(46)47)49(35)41(23-31)55(7,8)9/h21-28H,29-30H2,1-20H3. The molecule has 5 aromatic carbocycles. The molecular weight excluding hydrogens is 749 g/mol. The number of hydrogen-bond acceptors (Lipinski definition) is 0. The van der Waals surface area contributed by atoms with E-state index in [0.717, 1.165) is 12.8 Å². The highest BCUT2D eigenvalue weighted by Crippen LogP contribution is 2.59. The molecule has 4 aromatic heterocycles. The molecule has 0 atom stereocenters. The monoisotopic (exact) mass is 821 g/mol. The second kappa shape index (κ2) is 11.1. The molecule has 0 N–H and O–H groups in total. The van der Waals surface area contributed by atoms with E-state index in [1.807, 2.05) is 0 Å². The fraction of sp³-hybridized carbons (Fsp3) is 0.500. The first kappa shape index (κ1) is 40.5. The van der Waals surface area contributed by atoms with Gasteiger partial charge in [0.25, 0.3) is 0 Å². The van der Waals surface area contributed by atoms with Crippen molar-refractivity contribution >= 4 is 76.2 Å². The zero-order valence-electron chi connectivity index (χ0n) is 41.9. The summed E-state index contributed by atoms with van der Waals surface area (Å²) < 4.78 is 5.58. The fourth-order valence-corrected chi connectivity index (χ4v) is 13.8. The van der Waals surface area contributed by atoms with Crippen molar-refractivity contribution in [2.24, 2.45) is 0 Å². The third-order valence-corrected chi connectivity index (χ3v) is 16.4. The van der Waals surface area contributed by atoms with Crippen LogP contribution in [-0.4, -0.2) is 8.80 Å². The number of nitrogens with zero attached hydrogens (tertiary/aromatic N) is 2. The summed E-state index contributed by atoms with van der Waals surface area (Å²) >= 11 is 0. The molecule has 4 heterocycles. The van der Waals surface area contributed by atoms with Crippen molar-refractivity contribution in [3.8, 4) is 0 Å². The Morgan fingerprint density at radius 1 is 0.339 bits per heavy atom. The molecule has 2 nitrogen and oxygen atoms in total.